The van der Waals surface area contributed by atoms with E-state index >= 15 is 0 Å². The molecule has 1 atom stereocenters. The van der Waals surface area contributed by atoms with Gasteiger partial charge >= 0.3 is 0 Å². The highest BCUT2D eigenvalue weighted by Gasteiger charge is 2.17. The van der Waals surface area contributed by atoms with E-state index in [2.05, 4.69) is 74.4 Å². The zero-order valence-electron chi connectivity index (χ0n) is 18.3. The quantitative estimate of drug-likeness (QED) is 0.242. The first kappa shape index (κ1) is 21.5. The van der Waals surface area contributed by atoms with E-state index in [0.29, 0.717) is 25.3 Å². The van der Waals surface area contributed by atoms with Crippen molar-refractivity contribution in [2.45, 2.75) is 30.8 Å². The Morgan fingerprint density at radius 1 is 0.848 bits per heavy atom. The summed E-state index contributed by atoms with van der Waals surface area (Å²) in [5.74, 6) is 1.43. The summed E-state index contributed by atoms with van der Waals surface area (Å²) in [6.45, 7) is 5.05. The summed E-state index contributed by atoms with van der Waals surface area (Å²) in [6.07, 6.45) is 2.04. The third kappa shape index (κ3) is 4.45. The van der Waals surface area contributed by atoms with Crippen LogP contribution < -0.4 is 0 Å². The number of hydrogen-bond acceptors (Lipinski definition) is 4. The molecule has 5 rings (SSSR count). The number of nitrogens with zero attached hydrogens (tertiary/aromatic N) is 4. The third-order valence-corrected chi connectivity index (χ3v) is 6.90. The second-order valence-electron chi connectivity index (χ2n) is 8.07. The van der Waals surface area contributed by atoms with Gasteiger partial charge in [0.2, 0.25) is 0 Å². The molecule has 2 heterocycles. The Morgan fingerprint density at radius 2 is 1.48 bits per heavy atom. The Morgan fingerprint density at radius 3 is 2.15 bits per heavy atom. The number of fused-ring (bicyclic) bond motifs is 3. The molecule has 166 valence electrons. The van der Waals surface area contributed by atoms with E-state index in [0.717, 1.165) is 22.0 Å². The van der Waals surface area contributed by atoms with Crippen molar-refractivity contribution in [3.8, 4) is 0 Å². The van der Waals surface area contributed by atoms with Crippen molar-refractivity contribution in [2.24, 2.45) is 0 Å². The first-order valence-corrected chi connectivity index (χ1v) is 12.1. The summed E-state index contributed by atoms with van der Waals surface area (Å²) in [6, 6.07) is 27.0. The Bertz CT molecular complexity index is 1340. The fourth-order valence-corrected chi connectivity index (χ4v) is 5.16. The van der Waals surface area contributed by atoms with Crippen LogP contribution in [-0.2, 0) is 19.5 Å². The lowest BCUT2D eigenvalue weighted by molar-refractivity contribution is 0.181. The third-order valence-electron chi connectivity index (χ3n) is 5.79. The fourth-order valence-electron chi connectivity index (χ4n) is 4.28. The number of hydrogen-bond donors (Lipinski definition) is 1. The summed E-state index contributed by atoms with van der Waals surface area (Å²) in [4.78, 5) is 0. The first-order chi connectivity index (χ1) is 16.2. The molecular formula is C27H26N4OS. The largest absolute Gasteiger partial charge is 0.390 e. The van der Waals surface area contributed by atoms with E-state index in [4.69, 9.17) is 0 Å². The van der Waals surface area contributed by atoms with Gasteiger partial charge in [-0.1, -0.05) is 84.6 Å². The molecule has 0 bridgehead atoms. The molecule has 0 aliphatic rings. The molecule has 0 spiro atoms. The summed E-state index contributed by atoms with van der Waals surface area (Å²) in [5.41, 5.74) is 3.48. The van der Waals surface area contributed by atoms with Crippen LogP contribution in [0.4, 0.5) is 0 Å². The molecule has 5 aromatic rings. The summed E-state index contributed by atoms with van der Waals surface area (Å²) < 4.78 is 4.29. The van der Waals surface area contributed by atoms with Gasteiger partial charge in [-0.3, -0.25) is 0 Å². The van der Waals surface area contributed by atoms with Crippen LogP contribution in [0, 0.1) is 0 Å². The molecule has 2 aromatic heterocycles. The number of para-hydroxylation sites is 2. The average Bonchev–Trinajstić information content (AvgIpc) is 3.38. The van der Waals surface area contributed by atoms with Crippen molar-refractivity contribution < 1.29 is 5.11 Å². The van der Waals surface area contributed by atoms with Gasteiger partial charge in [0, 0.05) is 40.5 Å². The maximum atomic E-state index is 10.9. The molecule has 0 unspecified atom stereocenters. The van der Waals surface area contributed by atoms with Crippen LogP contribution in [0.5, 0.6) is 0 Å². The number of rotatable bonds is 9. The predicted octanol–water partition coefficient (Wildman–Crippen LogP) is 5.32. The molecule has 6 heteroatoms. The second-order valence-corrected chi connectivity index (χ2v) is 9.06. The van der Waals surface area contributed by atoms with Gasteiger partial charge in [-0.25, -0.2) is 0 Å². The standard InChI is InChI=1S/C27H26N4OS/c1-2-16-30-26(17-20-10-4-3-5-11-20)28-29-27(30)33-19-21(32)18-31-24-14-8-6-12-22(24)23-13-7-9-15-25(23)31/h2-15,21,32H,1,16-19H2/t21-/m1/s1. The van der Waals surface area contributed by atoms with E-state index in [1.54, 1.807) is 0 Å². The van der Waals surface area contributed by atoms with E-state index in [-0.39, 0.29) is 0 Å². The molecule has 0 amide bonds. The molecule has 0 aliphatic heterocycles. The molecule has 1 N–H and O–H groups in total. The Hall–Kier alpha value is -3.35. The van der Waals surface area contributed by atoms with Gasteiger partial charge in [-0.15, -0.1) is 16.8 Å². The monoisotopic (exact) mass is 454 g/mol. The zero-order chi connectivity index (χ0) is 22.6. The van der Waals surface area contributed by atoms with Crippen molar-refractivity contribution >= 4 is 33.6 Å². The lowest BCUT2D eigenvalue weighted by Gasteiger charge is -2.14. The summed E-state index contributed by atoms with van der Waals surface area (Å²) in [5, 5.41) is 23.0. The first-order valence-electron chi connectivity index (χ1n) is 11.1. The average molecular weight is 455 g/mol. The fraction of sp³-hybridized carbons (Fsp3) is 0.185. The second kappa shape index (κ2) is 9.65. The minimum absolute atomic E-state index is 0.521. The summed E-state index contributed by atoms with van der Waals surface area (Å²) >= 11 is 1.54. The molecule has 33 heavy (non-hydrogen) atoms. The topological polar surface area (TPSA) is 55.9 Å². The molecule has 0 aliphatic carbocycles. The lowest BCUT2D eigenvalue weighted by atomic mass is 10.1. The molecule has 3 aromatic carbocycles. The Labute approximate surface area is 197 Å². The van der Waals surface area contributed by atoms with E-state index in [9.17, 15) is 5.11 Å². The minimum atomic E-state index is -0.527. The highest BCUT2D eigenvalue weighted by molar-refractivity contribution is 7.99. The minimum Gasteiger partial charge on any atom is -0.390 e. The smallest absolute Gasteiger partial charge is 0.191 e. The SMILES string of the molecule is C=CCn1c(Cc2ccccc2)nnc1SC[C@H](O)Cn1c2ccccc2c2ccccc21. The van der Waals surface area contributed by atoms with Crippen LogP contribution in [0.3, 0.4) is 0 Å². The number of aliphatic hydroxyl groups is 1. The Balaban J connectivity index is 1.33. The van der Waals surface area contributed by atoms with Crippen LogP contribution in [0.1, 0.15) is 11.4 Å². The van der Waals surface area contributed by atoms with E-state index < -0.39 is 6.10 Å². The highest BCUT2D eigenvalue weighted by atomic mass is 32.2. The molecule has 0 fully saturated rings. The van der Waals surface area contributed by atoms with Gasteiger partial charge in [0.15, 0.2) is 5.16 Å². The van der Waals surface area contributed by atoms with Crippen molar-refractivity contribution in [1.29, 1.82) is 0 Å². The normalized spacial score (nSPS) is 12.4. The maximum Gasteiger partial charge on any atom is 0.191 e. The number of benzene rings is 3. The lowest BCUT2D eigenvalue weighted by Crippen LogP contribution is -2.19. The molecule has 0 saturated carbocycles. The van der Waals surface area contributed by atoms with Gasteiger partial charge in [-0.2, -0.15) is 0 Å². The molecule has 0 radical (unpaired) electrons. The zero-order valence-corrected chi connectivity index (χ0v) is 19.2. The highest BCUT2D eigenvalue weighted by Crippen LogP contribution is 2.29. The molecule has 5 nitrogen and oxygen atoms in total. The van der Waals surface area contributed by atoms with Crippen LogP contribution in [0.2, 0.25) is 0 Å². The molecular weight excluding hydrogens is 428 g/mol. The maximum absolute atomic E-state index is 10.9. The van der Waals surface area contributed by atoms with Crippen LogP contribution in [0.15, 0.2) is 96.7 Å². The summed E-state index contributed by atoms with van der Waals surface area (Å²) in [7, 11) is 0. The van der Waals surface area contributed by atoms with Crippen molar-refractivity contribution in [1.82, 2.24) is 19.3 Å². The van der Waals surface area contributed by atoms with Crippen LogP contribution in [-0.4, -0.2) is 36.3 Å². The molecule has 0 saturated heterocycles. The number of aliphatic hydroxyl groups excluding tert-OH is 1. The van der Waals surface area contributed by atoms with Crippen LogP contribution in [0.25, 0.3) is 21.8 Å². The van der Waals surface area contributed by atoms with Gasteiger partial charge in [0.25, 0.3) is 0 Å². The number of allylic oxidation sites excluding steroid dienone is 1. The van der Waals surface area contributed by atoms with Gasteiger partial charge in [-0.05, 0) is 17.7 Å². The van der Waals surface area contributed by atoms with E-state index in [1.807, 2.05) is 36.4 Å². The van der Waals surface area contributed by atoms with Gasteiger partial charge in [0.1, 0.15) is 5.82 Å². The van der Waals surface area contributed by atoms with Crippen molar-refractivity contribution in [3.05, 3.63) is 103 Å². The van der Waals surface area contributed by atoms with Crippen molar-refractivity contribution in [3.63, 3.8) is 0 Å². The number of aromatic nitrogens is 4. The van der Waals surface area contributed by atoms with Crippen molar-refractivity contribution in [2.75, 3.05) is 5.75 Å². The van der Waals surface area contributed by atoms with Gasteiger partial charge in [0.05, 0.1) is 12.6 Å². The Kier molecular flexibility index (Phi) is 6.28. The van der Waals surface area contributed by atoms with E-state index in [1.165, 1.54) is 28.1 Å². The number of thioether (sulfide) groups is 1. The predicted molar refractivity (Wildman–Crippen MR) is 136 cm³/mol. The van der Waals surface area contributed by atoms with Crippen LogP contribution >= 0.6 is 11.8 Å². The van der Waals surface area contributed by atoms with Gasteiger partial charge < -0.3 is 14.2 Å².